The molecule has 4 rings (SSSR count). The molecule has 1 fully saturated rings. The highest BCUT2D eigenvalue weighted by molar-refractivity contribution is 5.79. The van der Waals surface area contributed by atoms with Gasteiger partial charge in [0, 0.05) is 38.2 Å². The average molecular weight is 394 g/mol. The van der Waals surface area contributed by atoms with Crippen LogP contribution in [0.2, 0.25) is 0 Å². The van der Waals surface area contributed by atoms with E-state index in [1.807, 2.05) is 24.3 Å². The number of rotatable bonds is 7. The molecule has 2 N–H and O–H groups in total. The molecule has 0 bridgehead atoms. The van der Waals surface area contributed by atoms with E-state index >= 15 is 0 Å². The van der Waals surface area contributed by atoms with Crippen molar-refractivity contribution in [1.29, 1.82) is 0 Å². The number of benzene rings is 1. The summed E-state index contributed by atoms with van der Waals surface area (Å²) in [5.41, 5.74) is 1.68. The third-order valence-electron chi connectivity index (χ3n) is 5.10. The molecule has 0 radical (unpaired) electrons. The third kappa shape index (κ3) is 4.59. The van der Waals surface area contributed by atoms with Crippen LogP contribution in [0.5, 0.6) is 0 Å². The molecule has 150 valence electrons. The maximum Gasteiger partial charge on any atom is 0.276 e. The van der Waals surface area contributed by atoms with Gasteiger partial charge in [0.1, 0.15) is 11.5 Å². The Labute approximate surface area is 168 Å². The average Bonchev–Trinajstić information content (AvgIpc) is 3.40. The molecule has 0 amide bonds. The minimum Gasteiger partial charge on any atom is -0.356 e. The Morgan fingerprint density at radius 1 is 1.21 bits per heavy atom. The third-order valence-corrected chi connectivity index (χ3v) is 5.10. The lowest BCUT2D eigenvalue weighted by Gasteiger charge is -2.19. The van der Waals surface area contributed by atoms with Crippen molar-refractivity contribution in [2.45, 2.75) is 24.7 Å². The van der Waals surface area contributed by atoms with E-state index in [2.05, 4.69) is 30.8 Å². The highest BCUT2D eigenvalue weighted by Gasteiger charge is 2.44. The van der Waals surface area contributed by atoms with Crippen LogP contribution in [0.3, 0.4) is 0 Å². The zero-order chi connectivity index (χ0) is 20.1. The normalized spacial score (nSPS) is 15.2. The molecule has 1 aliphatic carbocycles. The van der Waals surface area contributed by atoms with Crippen molar-refractivity contribution in [1.82, 2.24) is 25.8 Å². The van der Waals surface area contributed by atoms with Gasteiger partial charge in [-0.15, -0.1) is 0 Å². The molecule has 2 aromatic heterocycles. The van der Waals surface area contributed by atoms with Gasteiger partial charge in [0.2, 0.25) is 0 Å². The first-order valence-corrected chi connectivity index (χ1v) is 9.63. The van der Waals surface area contributed by atoms with Gasteiger partial charge in [-0.1, -0.05) is 23.4 Å². The molecule has 1 aliphatic rings. The zero-order valence-electron chi connectivity index (χ0n) is 16.2. The fourth-order valence-electron chi connectivity index (χ4n) is 3.25. The maximum absolute atomic E-state index is 13.5. The van der Waals surface area contributed by atoms with Crippen molar-refractivity contribution in [3.8, 4) is 11.6 Å². The summed E-state index contributed by atoms with van der Waals surface area (Å²) >= 11 is 0. The molecule has 0 saturated heterocycles. The number of hydrogen-bond donors (Lipinski definition) is 2. The zero-order valence-corrected chi connectivity index (χ0v) is 16.2. The van der Waals surface area contributed by atoms with Crippen molar-refractivity contribution in [2.75, 3.05) is 20.1 Å². The van der Waals surface area contributed by atoms with Gasteiger partial charge >= 0.3 is 0 Å². The van der Waals surface area contributed by atoms with Gasteiger partial charge in [0.25, 0.3) is 5.89 Å². The topological polar surface area (TPSA) is 88.2 Å². The molecule has 2 heterocycles. The summed E-state index contributed by atoms with van der Waals surface area (Å²) in [6.07, 6.45) is 4.36. The number of pyridine rings is 1. The van der Waals surface area contributed by atoms with Crippen molar-refractivity contribution >= 4 is 5.96 Å². The Balaban J connectivity index is 1.27. The van der Waals surface area contributed by atoms with Gasteiger partial charge in [0.15, 0.2) is 11.8 Å². The SMILES string of the molecule is CN=C(NCCc1noc(-c2ccccn2)n1)NCC1(c2cccc(F)c2)CC1. The Bertz CT molecular complexity index is 984. The lowest BCUT2D eigenvalue weighted by molar-refractivity contribution is 0.421. The Morgan fingerprint density at radius 3 is 2.83 bits per heavy atom. The number of nitrogens with zero attached hydrogens (tertiary/aromatic N) is 4. The van der Waals surface area contributed by atoms with Crippen LogP contribution in [0, 0.1) is 5.82 Å². The Kier molecular flexibility index (Phi) is 5.50. The van der Waals surface area contributed by atoms with Gasteiger partial charge in [-0.2, -0.15) is 4.98 Å². The van der Waals surface area contributed by atoms with Crippen LogP contribution in [-0.2, 0) is 11.8 Å². The minimum atomic E-state index is -0.193. The fourth-order valence-corrected chi connectivity index (χ4v) is 3.25. The number of hydrogen-bond acceptors (Lipinski definition) is 5. The summed E-state index contributed by atoms with van der Waals surface area (Å²) in [5.74, 6) is 1.52. The van der Waals surface area contributed by atoms with Crippen LogP contribution in [0.1, 0.15) is 24.2 Å². The first-order chi connectivity index (χ1) is 14.2. The van der Waals surface area contributed by atoms with Crippen molar-refractivity contribution < 1.29 is 8.91 Å². The Hall–Kier alpha value is -3.29. The van der Waals surface area contributed by atoms with Gasteiger partial charge in [-0.3, -0.25) is 9.98 Å². The van der Waals surface area contributed by atoms with E-state index in [0.29, 0.717) is 42.9 Å². The quantitative estimate of drug-likeness (QED) is 0.473. The van der Waals surface area contributed by atoms with E-state index in [1.54, 1.807) is 25.4 Å². The van der Waals surface area contributed by atoms with E-state index in [9.17, 15) is 4.39 Å². The minimum absolute atomic E-state index is 0.00895. The Morgan fingerprint density at radius 2 is 2.10 bits per heavy atom. The van der Waals surface area contributed by atoms with Crippen molar-refractivity contribution in [2.24, 2.45) is 4.99 Å². The number of halogens is 1. The number of aromatic nitrogens is 3. The molecule has 8 heteroatoms. The van der Waals surface area contributed by atoms with Crippen molar-refractivity contribution in [3.63, 3.8) is 0 Å². The molecule has 0 aliphatic heterocycles. The summed E-state index contributed by atoms with van der Waals surface area (Å²) < 4.78 is 18.8. The first-order valence-electron chi connectivity index (χ1n) is 9.63. The number of guanidine groups is 1. The van der Waals surface area contributed by atoms with Crippen LogP contribution >= 0.6 is 0 Å². The van der Waals surface area contributed by atoms with E-state index < -0.39 is 0 Å². The molecule has 0 unspecified atom stereocenters. The van der Waals surface area contributed by atoms with Crippen LogP contribution in [0.25, 0.3) is 11.6 Å². The van der Waals surface area contributed by atoms with Crippen LogP contribution in [-0.4, -0.2) is 41.2 Å². The second kappa shape index (κ2) is 8.38. The van der Waals surface area contributed by atoms with Crippen molar-refractivity contribution in [3.05, 3.63) is 65.9 Å². The van der Waals surface area contributed by atoms with E-state index in [4.69, 9.17) is 4.52 Å². The van der Waals surface area contributed by atoms with Crippen LogP contribution in [0.4, 0.5) is 4.39 Å². The summed E-state index contributed by atoms with van der Waals surface area (Å²) in [6.45, 7) is 1.32. The predicted molar refractivity (Wildman–Crippen MR) is 108 cm³/mol. The van der Waals surface area contributed by atoms with E-state index in [1.165, 1.54) is 6.07 Å². The van der Waals surface area contributed by atoms with Gasteiger partial charge in [0.05, 0.1) is 0 Å². The second-order valence-electron chi connectivity index (χ2n) is 7.12. The van der Waals surface area contributed by atoms with E-state index in [0.717, 1.165) is 18.4 Å². The standard InChI is InChI=1S/C21H23FN6O/c1-23-20(26-14-21(9-10-21)15-5-4-6-16(22)13-15)25-12-8-18-27-19(29-28-18)17-7-2-3-11-24-17/h2-7,11,13H,8-10,12,14H2,1H3,(H2,23,25,26). The predicted octanol–water partition coefficient (Wildman–Crippen LogP) is 2.71. The van der Waals surface area contributed by atoms with Crippen LogP contribution in [0.15, 0.2) is 58.2 Å². The summed E-state index contributed by atoms with van der Waals surface area (Å²) in [7, 11) is 1.73. The summed E-state index contributed by atoms with van der Waals surface area (Å²) in [6, 6.07) is 12.4. The molecule has 1 saturated carbocycles. The second-order valence-corrected chi connectivity index (χ2v) is 7.12. The maximum atomic E-state index is 13.5. The highest BCUT2D eigenvalue weighted by atomic mass is 19.1. The number of nitrogens with one attached hydrogen (secondary N) is 2. The summed E-state index contributed by atoms with van der Waals surface area (Å²) in [4.78, 5) is 12.8. The van der Waals surface area contributed by atoms with Gasteiger partial charge in [-0.05, 0) is 42.7 Å². The molecule has 7 nitrogen and oxygen atoms in total. The van der Waals surface area contributed by atoms with Crippen LogP contribution < -0.4 is 10.6 Å². The lowest BCUT2D eigenvalue weighted by atomic mass is 9.96. The number of aliphatic imine (C=N–C) groups is 1. The molecule has 3 aromatic rings. The molecular weight excluding hydrogens is 371 g/mol. The van der Waals surface area contributed by atoms with E-state index in [-0.39, 0.29) is 11.2 Å². The molecule has 0 atom stereocenters. The first kappa shape index (κ1) is 19.0. The molecule has 1 aromatic carbocycles. The highest BCUT2D eigenvalue weighted by Crippen LogP contribution is 2.47. The summed E-state index contributed by atoms with van der Waals surface area (Å²) in [5, 5.41) is 10.6. The van der Waals surface area contributed by atoms with Gasteiger partial charge in [-0.25, -0.2) is 4.39 Å². The lowest BCUT2D eigenvalue weighted by Crippen LogP contribution is -2.42. The molecule has 0 spiro atoms. The largest absolute Gasteiger partial charge is 0.356 e. The molecular formula is C21H23FN6O. The molecule has 29 heavy (non-hydrogen) atoms. The monoisotopic (exact) mass is 394 g/mol. The smallest absolute Gasteiger partial charge is 0.276 e. The van der Waals surface area contributed by atoms with Gasteiger partial charge < -0.3 is 15.2 Å². The fraction of sp³-hybridized carbons (Fsp3) is 0.333.